The van der Waals surface area contributed by atoms with E-state index in [0.29, 0.717) is 41.8 Å². The van der Waals surface area contributed by atoms with E-state index in [-0.39, 0.29) is 10.9 Å². The van der Waals surface area contributed by atoms with Gasteiger partial charge in [0.25, 0.3) is 10.0 Å². The molecule has 128 valence electrons. The van der Waals surface area contributed by atoms with E-state index in [1.165, 1.54) is 4.31 Å². The average molecular weight is 355 g/mol. The number of ketones is 1. The Morgan fingerprint density at radius 1 is 1.08 bits per heavy atom. The molecule has 3 aromatic rings. The Labute approximate surface area is 145 Å². The zero-order valence-electron chi connectivity index (χ0n) is 13.7. The normalized spacial score (nSPS) is 16.7. The predicted molar refractivity (Wildman–Crippen MR) is 94.0 cm³/mol. The van der Waals surface area contributed by atoms with Crippen molar-refractivity contribution in [3.05, 3.63) is 59.7 Å². The first kappa shape index (κ1) is 16.0. The van der Waals surface area contributed by atoms with Gasteiger partial charge in [-0.1, -0.05) is 37.3 Å². The standard InChI is InChI=1S/C18H17N3O3S/c1-2-20-10-11-21-16-12-14(17(22)13-6-4-3-5-7-13)8-9-15(16)19-18(21)25(20,23)24/h3-9,12H,2,10-11H2,1H3. The van der Waals surface area contributed by atoms with Gasteiger partial charge in [0.15, 0.2) is 5.78 Å². The molecule has 0 aliphatic carbocycles. The molecule has 1 aliphatic heterocycles. The molecular weight excluding hydrogens is 338 g/mol. The van der Waals surface area contributed by atoms with Crippen LogP contribution in [0.1, 0.15) is 22.8 Å². The van der Waals surface area contributed by atoms with Crippen molar-refractivity contribution in [2.75, 3.05) is 13.1 Å². The summed E-state index contributed by atoms with van der Waals surface area (Å²) in [6.07, 6.45) is 0. The van der Waals surface area contributed by atoms with Gasteiger partial charge in [-0.05, 0) is 18.2 Å². The number of benzene rings is 2. The fraction of sp³-hybridized carbons (Fsp3) is 0.222. The molecular formula is C18H17N3O3S. The van der Waals surface area contributed by atoms with Crippen LogP contribution in [0.2, 0.25) is 0 Å². The van der Waals surface area contributed by atoms with Gasteiger partial charge in [-0.2, -0.15) is 4.31 Å². The number of hydrogen-bond donors (Lipinski definition) is 0. The Kier molecular flexibility index (Phi) is 3.70. The van der Waals surface area contributed by atoms with Crippen LogP contribution in [0.25, 0.3) is 11.0 Å². The molecule has 7 heteroatoms. The first-order chi connectivity index (χ1) is 12.0. The zero-order chi connectivity index (χ0) is 17.6. The van der Waals surface area contributed by atoms with Gasteiger partial charge in [-0.15, -0.1) is 0 Å². The second-order valence-corrected chi connectivity index (χ2v) is 7.77. The Hall–Kier alpha value is -2.51. The highest BCUT2D eigenvalue weighted by molar-refractivity contribution is 7.89. The first-order valence-electron chi connectivity index (χ1n) is 8.12. The smallest absolute Gasteiger partial charge is 0.277 e. The fourth-order valence-corrected chi connectivity index (χ4v) is 4.76. The van der Waals surface area contributed by atoms with Gasteiger partial charge in [-0.3, -0.25) is 4.79 Å². The molecule has 2 heterocycles. The van der Waals surface area contributed by atoms with Crippen LogP contribution in [0, 0.1) is 0 Å². The molecule has 25 heavy (non-hydrogen) atoms. The van der Waals surface area contributed by atoms with Crippen LogP contribution in [-0.4, -0.2) is 41.1 Å². The largest absolute Gasteiger partial charge is 0.312 e. The maximum atomic E-state index is 12.6. The highest BCUT2D eigenvalue weighted by Crippen LogP contribution is 2.27. The number of hydrogen-bond acceptors (Lipinski definition) is 4. The lowest BCUT2D eigenvalue weighted by atomic mass is 10.0. The van der Waals surface area contributed by atoms with E-state index in [2.05, 4.69) is 4.98 Å². The van der Waals surface area contributed by atoms with Crippen molar-refractivity contribution in [1.29, 1.82) is 0 Å². The van der Waals surface area contributed by atoms with Gasteiger partial charge in [0.1, 0.15) is 0 Å². The molecule has 0 saturated heterocycles. The van der Waals surface area contributed by atoms with Crippen LogP contribution in [0.15, 0.2) is 53.7 Å². The molecule has 0 unspecified atom stereocenters. The van der Waals surface area contributed by atoms with Crippen molar-refractivity contribution in [3.63, 3.8) is 0 Å². The van der Waals surface area contributed by atoms with Gasteiger partial charge in [0, 0.05) is 30.8 Å². The van der Waals surface area contributed by atoms with E-state index in [1.54, 1.807) is 34.9 Å². The van der Waals surface area contributed by atoms with Crippen molar-refractivity contribution in [2.24, 2.45) is 0 Å². The van der Waals surface area contributed by atoms with Crippen molar-refractivity contribution in [1.82, 2.24) is 13.9 Å². The Morgan fingerprint density at radius 3 is 2.56 bits per heavy atom. The van der Waals surface area contributed by atoms with Gasteiger partial charge < -0.3 is 4.57 Å². The summed E-state index contributed by atoms with van der Waals surface area (Å²) in [6.45, 7) is 3.17. The topological polar surface area (TPSA) is 72.3 Å². The van der Waals surface area contributed by atoms with E-state index >= 15 is 0 Å². The molecule has 0 saturated carbocycles. The van der Waals surface area contributed by atoms with Gasteiger partial charge in [0.05, 0.1) is 11.0 Å². The number of likely N-dealkylation sites (N-methyl/N-ethyl adjacent to an activating group) is 1. The monoisotopic (exact) mass is 355 g/mol. The van der Waals surface area contributed by atoms with Crippen molar-refractivity contribution in [2.45, 2.75) is 18.6 Å². The third-order valence-corrected chi connectivity index (χ3v) is 6.40. The Bertz CT molecular complexity index is 1070. The summed E-state index contributed by atoms with van der Waals surface area (Å²) in [5.41, 5.74) is 2.39. The summed E-state index contributed by atoms with van der Waals surface area (Å²) in [4.78, 5) is 16.9. The van der Waals surface area contributed by atoms with Crippen LogP contribution in [-0.2, 0) is 16.6 Å². The van der Waals surface area contributed by atoms with Gasteiger partial charge >= 0.3 is 0 Å². The second-order valence-electron chi connectivity index (χ2n) is 5.94. The molecule has 4 rings (SSSR count). The number of nitrogens with zero attached hydrogens (tertiary/aromatic N) is 3. The van der Waals surface area contributed by atoms with Crippen LogP contribution in [0.3, 0.4) is 0 Å². The molecule has 6 nitrogen and oxygen atoms in total. The summed E-state index contributed by atoms with van der Waals surface area (Å²) in [7, 11) is -3.58. The van der Waals surface area contributed by atoms with E-state index < -0.39 is 10.0 Å². The first-order valence-corrected chi connectivity index (χ1v) is 9.56. The number of rotatable bonds is 3. The number of imidazole rings is 1. The van der Waals surface area contributed by atoms with Crippen molar-refractivity contribution in [3.8, 4) is 0 Å². The molecule has 0 N–H and O–H groups in total. The molecule has 1 aliphatic rings. The van der Waals surface area contributed by atoms with E-state index in [9.17, 15) is 13.2 Å². The average Bonchev–Trinajstić information content (AvgIpc) is 3.01. The number of sulfonamides is 1. The lowest BCUT2D eigenvalue weighted by molar-refractivity contribution is 0.103. The SMILES string of the molecule is CCN1CCn2c(nc3ccc(C(=O)c4ccccc4)cc32)S1(=O)=O. The highest BCUT2D eigenvalue weighted by Gasteiger charge is 2.33. The summed E-state index contributed by atoms with van der Waals surface area (Å²) < 4.78 is 28.4. The lowest BCUT2D eigenvalue weighted by Gasteiger charge is -2.25. The van der Waals surface area contributed by atoms with E-state index in [4.69, 9.17) is 0 Å². The summed E-state index contributed by atoms with van der Waals surface area (Å²) in [6, 6.07) is 14.2. The number of aromatic nitrogens is 2. The maximum Gasteiger partial charge on any atom is 0.277 e. The predicted octanol–water partition coefficient (Wildman–Crippen LogP) is 2.29. The Balaban J connectivity index is 1.85. The molecule has 1 aromatic heterocycles. The number of carbonyl (C=O) groups excluding carboxylic acids is 1. The zero-order valence-corrected chi connectivity index (χ0v) is 14.5. The summed E-state index contributed by atoms with van der Waals surface area (Å²) >= 11 is 0. The molecule has 2 aromatic carbocycles. The third kappa shape index (κ3) is 2.47. The van der Waals surface area contributed by atoms with Crippen LogP contribution in [0.4, 0.5) is 0 Å². The minimum atomic E-state index is -3.58. The third-order valence-electron chi connectivity index (χ3n) is 4.51. The lowest BCUT2D eigenvalue weighted by Crippen LogP contribution is -2.39. The molecule has 0 spiro atoms. The maximum absolute atomic E-state index is 12.6. The quantitative estimate of drug-likeness (QED) is 0.676. The summed E-state index contributed by atoms with van der Waals surface area (Å²) in [5.74, 6) is -0.0908. The van der Waals surface area contributed by atoms with Crippen molar-refractivity contribution < 1.29 is 13.2 Å². The highest BCUT2D eigenvalue weighted by atomic mass is 32.2. The van der Waals surface area contributed by atoms with Crippen LogP contribution < -0.4 is 0 Å². The molecule has 0 radical (unpaired) electrons. The van der Waals surface area contributed by atoms with Crippen LogP contribution >= 0.6 is 0 Å². The summed E-state index contributed by atoms with van der Waals surface area (Å²) in [5, 5.41) is 0.0555. The molecule has 0 amide bonds. The number of fused-ring (bicyclic) bond motifs is 3. The Morgan fingerprint density at radius 2 is 1.84 bits per heavy atom. The van der Waals surface area contributed by atoms with Gasteiger partial charge in [-0.25, -0.2) is 13.4 Å². The number of carbonyl (C=O) groups is 1. The molecule has 0 fully saturated rings. The van der Waals surface area contributed by atoms with E-state index in [1.807, 2.05) is 25.1 Å². The second kappa shape index (κ2) is 5.79. The minimum Gasteiger partial charge on any atom is -0.312 e. The minimum absolute atomic E-state index is 0.0555. The van der Waals surface area contributed by atoms with Crippen molar-refractivity contribution >= 4 is 26.8 Å². The molecule has 0 atom stereocenters. The molecule has 0 bridgehead atoms. The fourth-order valence-electron chi connectivity index (χ4n) is 3.19. The van der Waals surface area contributed by atoms with Gasteiger partial charge in [0.2, 0.25) is 5.16 Å². The van der Waals surface area contributed by atoms with Crippen LogP contribution in [0.5, 0.6) is 0 Å². The van der Waals surface area contributed by atoms with E-state index in [0.717, 1.165) is 0 Å².